The Hall–Kier alpha value is -3.17. The first-order valence-electron chi connectivity index (χ1n) is 7.92. The Labute approximate surface area is 169 Å². The van der Waals surface area contributed by atoms with Gasteiger partial charge < -0.3 is 9.47 Å². The molecule has 0 aliphatic heterocycles. The lowest BCUT2D eigenvalue weighted by Gasteiger charge is -2.08. The molecule has 3 rings (SSSR count). The van der Waals surface area contributed by atoms with Crippen molar-refractivity contribution in [2.45, 2.75) is 0 Å². The van der Waals surface area contributed by atoms with Gasteiger partial charge in [0.2, 0.25) is 10.9 Å². The van der Waals surface area contributed by atoms with Gasteiger partial charge in [0.15, 0.2) is 5.75 Å². The number of ether oxygens (including phenoxy) is 2. The van der Waals surface area contributed by atoms with E-state index in [1.54, 1.807) is 18.2 Å². The smallest absolute Gasteiger partial charge is 0.315 e. The van der Waals surface area contributed by atoms with Gasteiger partial charge >= 0.3 is 5.69 Å². The highest BCUT2D eigenvalue weighted by Gasteiger charge is 2.21. The minimum atomic E-state index is -0.536. The molecule has 0 saturated heterocycles. The van der Waals surface area contributed by atoms with Crippen LogP contribution >= 0.6 is 22.9 Å². The molecule has 10 heteroatoms. The van der Waals surface area contributed by atoms with Gasteiger partial charge in [-0.05, 0) is 18.2 Å². The van der Waals surface area contributed by atoms with Gasteiger partial charge in [0, 0.05) is 27.6 Å². The lowest BCUT2D eigenvalue weighted by molar-refractivity contribution is -0.385. The summed E-state index contributed by atoms with van der Waals surface area (Å²) in [7, 11) is 2.76. The molecule has 1 heterocycles. The Kier molecular flexibility index (Phi) is 6.07. The van der Waals surface area contributed by atoms with Gasteiger partial charge in [0.05, 0.1) is 31.1 Å². The fourth-order valence-electron chi connectivity index (χ4n) is 2.42. The molecule has 1 aromatic heterocycles. The normalized spacial score (nSPS) is 10.8. The van der Waals surface area contributed by atoms with Crippen LogP contribution in [0.5, 0.6) is 11.5 Å². The molecule has 28 heavy (non-hydrogen) atoms. The molecule has 0 radical (unpaired) electrons. The maximum absolute atomic E-state index is 11.2. The van der Waals surface area contributed by atoms with Crippen LogP contribution in [0.2, 0.25) is 5.02 Å². The molecule has 3 aromatic rings. The topological polar surface area (TPSA) is 98.9 Å². The van der Waals surface area contributed by atoms with Crippen LogP contribution in [0.15, 0.2) is 46.9 Å². The van der Waals surface area contributed by atoms with E-state index in [0.29, 0.717) is 15.7 Å². The third-order valence-corrected chi connectivity index (χ3v) is 4.70. The summed E-state index contributed by atoms with van der Waals surface area (Å²) in [6.07, 6.45) is 1.44. The van der Waals surface area contributed by atoms with Crippen molar-refractivity contribution in [2.24, 2.45) is 5.10 Å². The summed E-state index contributed by atoms with van der Waals surface area (Å²) in [6.45, 7) is 0. The van der Waals surface area contributed by atoms with Crippen LogP contribution in [0.25, 0.3) is 11.3 Å². The van der Waals surface area contributed by atoms with Gasteiger partial charge in [-0.25, -0.2) is 4.98 Å². The van der Waals surface area contributed by atoms with E-state index in [-0.39, 0.29) is 17.2 Å². The predicted octanol–water partition coefficient (Wildman–Crippen LogP) is 4.83. The first kappa shape index (κ1) is 19.6. The number of thiazole rings is 1. The van der Waals surface area contributed by atoms with E-state index >= 15 is 0 Å². The van der Waals surface area contributed by atoms with E-state index in [1.165, 1.54) is 37.8 Å². The van der Waals surface area contributed by atoms with E-state index < -0.39 is 4.92 Å². The number of nitrogens with zero attached hydrogens (tertiary/aromatic N) is 3. The number of hydrazone groups is 1. The number of nitro groups is 1. The lowest BCUT2D eigenvalue weighted by atomic mass is 10.2. The lowest BCUT2D eigenvalue weighted by Crippen LogP contribution is -1.99. The van der Waals surface area contributed by atoms with Gasteiger partial charge in [0.25, 0.3) is 0 Å². The van der Waals surface area contributed by atoms with E-state index in [4.69, 9.17) is 21.1 Å². The molecule has 0 unspecified atom stereocenters. The van der Waals surface area contributed by atoms with Crippen molar-refractivity contribution in [3.8, 4) is 22.8 Å². The quantitative estimate of drug-likeness (QED) is 0.335. The Balaban J connectivity index is 1.77. The van der Waals surface area contributed by atoms with Gasteiger partial charge in [-0.3, -0.25) is 15.5 Å². The SMILES string of the molecule is COc1cc(/C=N\Nc2nc(-c3ccc(Cl)cc3)cs2)cc([N+](=O)[O-])c1OC. The molecule has 2 aromatic carbocycles. The molecule has 0 saturated carbocycles. The van der Waals surface area contributed by atoms with Crippen molar-refractivity contribution in [2.75, 3.05) is 19.6 Å². The zero-order valence-corrected chi connectivity index (χ0v) is 16.5. The fourth-order valence-corrected chi connectivity index (χ4v) is 3.21. The standard InChI is InChI=1S/C18H15ClN4O4S/c1-26-16-8-11(7-15(23(24)25)17(16)27-2)9-20-22-18-21-14(10-28-18)12-3-5-13(19)6-4-12/h3-10H,1-2H3,(H,21,22)/b20-9-. The maximum atomic E-state index is 11.2. The largest absolute Gasteiger partial charge is 0.493 e. The number of hydrogen-bond acceptors (Lipinski definition) is 8. The Morgan fingerprint density at radius 3 is 2.64 bits per heavy atom. The summed E-state index contributed by atoms with van der Waals surface area (Å²) < 4.78 is 10.2. The molecule has 1 N–H and O–H groups in total. The molecule has 0 amide bonds. The third-order valence-electron chi connectivity index (χ3n) is 3.70. The number of rotatable bonds is 7. The summed E-state index contributed by atoms with van der Waals surface area (Å²) in [5.41, 5.74) is 4.82. The number of hydrogen-bond donors (Lipinski definition) is 1. The highest BCUT2D eigenvalue weighted by molar-refractivity contribution is 7.14. The second kappa shape index (κ2) is 8.68. The van der Waals surface area contributed by atoms with Crippen molar-refractivity contribution in [1.82, 2.24) is 4.98 Å². The van der Waals surface area contributed by atoms with Gasteiger partial charge in [-0.1, -0.05) is 23.7 Å². The number of methoxy groups -OCH3 is 2. The van der Waals surface area contributed by atoms with Crippen molar-refractivity contribution in [1.29, 1.82) is 0 Å². The third kappa shape index (κ3) is 4.38. The summed E-state index contributed by atoms with van der Waals surface area (Å²) in [5, 5.41) is 18.5. The van der Waals surface area contributed by atoms with E-state index in [2.05, 4.69) is 15.5 Å². The van der Waals surface area contributed by atoms with Crippen molar-refractivity contribution in [3.63, 3.8) is 0 Å². The summed E-state index contributed by atoms with van der Waals surface area (Å²) in [5.74, 6) is 0.308. The zero-order valence-electron chi connectivity index (χ0n) is 14.9. The van der Waals surface area contributed by atoms with Crippen molar-refractivity contribution < 1.29 is 14.4 Å². The molecule has 0 aliphatic carbocycles. The number of benzene rings is 2. The van der Waals surface area contributed by atoms with E-state index in [0.717, 1.165) is 11.3 Å². The highest BCUT2D eigenvalue weighted by Crippen LogP contribution is 2.37. The van der Waals surface area contributed by atoms with E-state index in [9.17, 15) is 10.1 Å². The maximum Gasteiger partial charge on any atom is 0.315 e. The number of anilines is 1. The van der Waals surface area contributed by atoms with E-state index in [1.807, 2.05) is 17.5 Å². The molecule has 0 aliphatic rings. The second-order valence-corrected chi connectivity index (χ2v) is 6.74. The van der Waals surface area contributed by atoms with Gasteiger partial charge in [-0.2, -0.15) is 5.10 Å². The number of halogens is 1. The fraction of sp³-hybridized carbons (Fsp3) is 0.111. The van der Waals surface area contributed by atoms with Crippen LogP contribution in [0.1, 0.15) is 5.56 Å². The van der Waals surface area contributed by atoms with Gasteiger partial charge in [0.1, 0.15) is 0 Å². The molecule has 0 atom stereocenters. The predicted molar refractivity (Wildman–Crippen MR) is 110 cm³/mol. The van der Waals surface area contributed by atoms with Crippen LogP contribution < -0.4 is 14.9 Å². The molecule has 0 bridgehead atoms. The monoisotopic (exact) mass is 418 g/mol. The molecule has 0 spiro atoms. The second-order valence-electron chi connectivity index (χ2n) is 5.45. The van der Waals surface area contributed by atoms with Crippen LogP contribution in [-0.2, 0) is 0 Å². The van der Waals surface area contributed by atoms with Crippen molar-refractivity contribution >= 4 is 40.0 Å². The number of aromatic nitrogens is 1. The Bertz CT molecular complexity index is 1020. The zero-order chi connectivity index (χ0) is 20.1. The molecular weight excluding hydrogens is 404 g/mol. The summed E-state index contributed by atoms with van der Waals surface area (Å²) >= 11 is 7.28. The van der Waals surface area contributed by atoms with Crippen LogP contribution in [-0.4, -0.2) is 30.3 Å². The van der Waals surface area contributed by atoms with Gasteiger partial charge in [-0.15, -0.1) is 11.3 Å². The Morgan fingerprint density at radius 1 is 1.25 bits per heavy atom. The molecular formula is C18H15ClN4O4S. The molecule has 0 fully saturated rings. The minimum Gasteiger partial charge on any atom is -0.493 e. The highest BCUT2D eigenvalue weighted by atomic mass is 35.5. The average molecular weight is 419 g/mol. The van der Waals surface area contributed by atoms with Crippen LogP contribution in [0.3, 0.4) is 0 Å². The minimum absolute atomic E-state index is 0.0603. The van der Waals surface area contributed by atoms with Crippen molar-refractivity contribution in [3.05, 3.63) is 62.5 Å². The van der Waals surface area contributed by atoms with Crippen LogP contribution in [0, 0.1) is 10.1 Å². The first-order valence-corrected chi connectivity index (χ1v) is 9.18. The number of nitro benzene ring substituents is 1. The molecule has 144 valence electrons. The molecule has 8 nitrogen and oxygen atoms in total. The van der Waals surface area contributed by atoms with Crippen LogP contribution in [0.4, 0.5) is 10.8 Å². The first-order chi connectivity index (χ1) is 13.5. The summed E-state index contributed by atoms with van der Waals surface area (Å²) in [6, 6.07) is 10.3. The Morgan fingerprint density at radius 2 is 2.00 bits per heavy atom. The number of nitrogens with one attached hydrogen (secondary N) is 1. The summed E-state index contributed by atoms with van der Waals surface area (Å²) in [4.78, 5) is 15.2. The average Bonchev–Trinajstić information content (AvgIpc) is 3.16.